The predicted molar refractivity (Wildman–Crippen MR) is 118 cm³/mol. The third-order valence-corrected chi connectivity index (χ3v) is 6.49. The first-order chi connectivity index (χ1) is 14.7. The van der Waals surface area contributed by atoms with E-state index >= 15 is 0 Å². The largest absolute Gasteiger partial charge is 0.391 e. The van der Waals surface area contributed by atoms with Gasteiger partial charge in [-0.05, 0) is 37.2 Å². The molecular formula is C24H33N3O4. The molecule has 1 fully saturated rings. The van der Waals surface area contributed by atoms with Crippen molar-refractivity contribution in [3.63, 3.8) is 0 Å². The Labute approximate surface area is 183 Å². The lowest BCUT2D eigenvalue weighted by atomic mass is 9.74. The lowest BCUT2D eigenvalue weighted by molar-refractivity contribution is -0.119. The molecule has 0 bridgehead atoms. The minimum absolute atomic E-state index is 0.0739. The highest BCUT2D eigenvalue weighted by Crippen LogP contribution is 2.39. The van der Waals surface area contributed by atoms with Gasteiger partial charge in [0.15, 0.2) is 0 Å². The summed E-state index contributed by atoms with van der Waals surface area (Å²) in [5.41, 5.74) is 1.59. The average Bonchev–Trinajstić information content (AvgIpc) is 3.19. The molecule has 1 aromatic heterocycles. The third-order valence-electron chi connectivity index (χ3n) is 6.49. The van der Waals surface area contributed by atoms with E-state index in [4.69, 9.17) is 4.52 Å². The van der Waals surface area contributed by atoms with Gasteiger partial charge in [0.05, 0.1) is 17.8 Å². The Morgan fingerprint density at radius 1 is 1.26 bits per heavy atom. The fraction of sp³-hybridized carbons (Fsp3) is 0.542. The van der Waals surface area contributed by atoms with Crippen LogP contribution in [0, 0.1) is 0 Å². The number of aromatic nitrogens is 1. The van der Waals surface area contributed by atoms with Gasteiger partial charge >= 0.3 is 0 Å². The van der Waals surface area contributed by atoms with Crippen LogP contribution in [0.3, 0.4) is 0 Å². The zero-order valence-electron chi connectivity index (χ0n) is 18.8. The lowest BCUT2D eigenvalue weighted by Crippen LogP contribution is -2.44. The van der Waals surface area contributed by atoms with Crippen LogP contribution in [0.2, 0.25) is 0 Å². The second-order valence-electron chi connectivity index (χ2n) is 8.95. The second kappa shape index (κ2) is 9.64. The summed E-state index contributed by atoms with van der Waals surface area (Å²) in [6.07, 6.45) is 1.94. The van der Waals surface area contributed by atoms with Gasteiger partial charge in [-0.25, -0.2) is 0 Å². The highest BCUT2D eigenvalue weighted by atomic mass is 16.5. The van der Waals surface area contributed by atoms with E-state index in [1.165, 1.54) is 6.92 Å². The number of hydrogen-bond donors (Lipinski definition) is 2. The SMILES string of the molecule is CC(=O)NC[C@]1(c2ccccc2)CC[C@H](O)[C@@H](N(C)C(=O)c2cc(C(C)C)no2)CC1. The van der Waals surface area contributed by atoms with Gasteiger partial charge in [0.25, 0.3) is 5.91 Å². The Bertz CT molecular complexity index is 895. The Balaban J connectivity index is 1.81. The van der Waals surface area contributed by atoms with Crippen LogP contribution >= 0.6 is 0 Å². The number of amides is 2. The van der Waals surface area contributed by atoms with Crippen LogP contribution in [0.1, 0.15) is 74.2 Å². The molecule has 1 aromatic carbocycles. The first-order valence-electron chi connectivity index (χ1n) is 11.0. The van der Waals surface area contributed by atoms with Crippen molar-refractivity contribution in [2.45, 2.75) is 69.9 Å². The Kier molecular flexibility index (Phi) is 7.15. The van der Waals surface area contributed by atoms with Gasteiger partial charge in [0, 0.05) is 32.0 Å². The molecule has 2 aromatic rings. The molecule has 1 heterocycles. The van der Waals surface area contributed by atoms with Crippen molar-refractivity contribution in [3.8, 4) is 0 Å². The molecular weight excluding hydrogens is 394 g/mol. The van der Waals surface area contributed by atoms with E-state index in [1.807, 2.05) is 32.0 Å². The molecule has 1 aliphatic rings. The molecule has 7 heteroatoms. The second-order valence-corrected chi connectivity index (χ2v) is 8.95. The summed E-state index contributed by atoms with van der Waals surface area (Å²) in [5, 5.41) is 17.9. The molecule has 0 unspecified atom stereocenters. The van der Waals surface area contributed by atoms with Crippen molar-refractivity contribution in [2.75, 3.05) is 13.6 Å². The van der Waals surface area contributed by atoms with Gasteiger partial charge in [0.1, 0.15) is 0 Å². The van der Waals surface area contributed by atoms with E-state index in [2.05, 4.69) is 22.6 Å². The van der Waals surface area contributed by atoms with E-state index in [0.717, 1.165) is 24.1 Å². The van der Waals surface area contributed by atoms with Gasteiger partial charge < -0.3 is 19.8 Å². The van der Waals surface area contributed by atoms with Crippen molar-refractivity contribution in [1.29, 1.82) is 0 Å². The third kappa shape index (κ3) is 5.15. The molecule has 0 radical (unpaired) electrons. The molecule has 0 aliphatic heterocycles. The maximum Gasteiger partial charge on any atom is 0.292 e. The highest BCUT2D eigenvalue weighted by Gasteiger charge is 2.40. The Morgan fingerprint density at radius 2 is 1.94 bits per heavy atom. The summed E-state index contributed by atoms with van der Waals surface area (Å²) < 4.78 is 5.27. The zero-order chi connectivity index (χ0) is 22.6. The van der Waals surface area contributed by atoms with Crippen LogP contribution < -0.4 is 5.32 Å². The number of aliphatic hydroxyl groups excluding tert-OH is 1. The molecule has 0 saturated heterocycles. The first-order valence-corrected chi connectivity index (χ1v) is 11.0. The molecule has 1 aliphatic carbocycles. The van der Waals surface area contributed by atoms with E-state index < -0.39 is 6.10 Å². The smallest absolute Gasteiger partial charge is 0.292 e. The summed E-state index contributed by atoms with van der Waals surface area (Å²) in [6, 6.07) is 11.4. The van der Waals surface area contributed by atoms with E-state index in [1.54, 1.807) is 18.0 Å². The summed E-state index contributed by atoms with van der Waals surface area (Å²) >= 11 is 0. The van der Waals surface area contributed by atoms with E-state index in [0.29, 0.717) is 19.4 Å². The van der Waals surface area contributed by atoms with Crippen molar-refractivity contribution in [1.82, 2.24) is 15.4 Å². The summed E-state index contributed by atoms with van der Waals surface area (Å²) in [7, 11) is 1.71. The molecule has 168 valence electrons. The van der Waals surface area contributed by atoms with Gasteiger partial charge in [0.2, 0.25) is 11.7 Å². The molecule has 31 heavy (non-hydrogen) atoms. The van der Waals surface area contributed by atoms with E-state index in [9.17, 15) is 14.7 Å². The first kappa shape index (κ1) is 23.0. The zero-order valence-corrected chi connectivity index (χ0v) is 18.8. The quantitative estimate of drug-likeness (QED) is 0.690. The van der Waals surface area contributed by atoms with Crippen LogP contribution in [0.5, 0.6) is 0 Å². The summed E-state index contributed by atoms with van der Waals surface area (Å²) in [4.78, 5) is 26.2. The molecule has 2 N–H and O–H groups in total. The van der Waals surface area contributed by atoms with Gasteiger partial charge in [-0.3, -0.25) is 9.59 Å². The number of benzene rings is 1. The lowest BCUT2D eigenvalue weighted by Gasteiger charge is -2.34. The van der Waals surface area contributed by atoms with E-state index in [-0.39, 0.29) is 34.9 Å². The topological polar surface area (TPSA) is 95.7 Å². The predicted octanol–water partition coefficient (Wildman–Crippen LogP) is 3.25. The fourth-order valence-electron chi connectivity index (χ4n) is 4.45. The van der Waals surface area contributed by atoms with Gasteiger partial charge in [-0.2, -0.15) is 0 Å². The summed E-state index contributed by atoms with van der Waals surface area (Å²) in [6.45, 7) is 6.00. The van der Waals surface area contributed by atoms with Crippen LogP contribution in [-0.2, 0) is 10.2 Å². The van der Waals surface area contributed by atoms with Crippen LogP contribution in [-0.4, -0.2) is 52.7 Å². The number of carbonyl (C=O) groups excluding carboxylic acids is 2. The highest BCUT2D eigenvalue weighted by molar-refractivity contribution is 5.91. The van der Waals surface area contributed by atoms with Crippen molar-refractivity contribution in [2.24, 2.45) is 0 Å². The molecule has 3 rings (SSSR count). The maximum atomic E-state index is 13.0. The van der Waals surface area contributed by atoms with Crippen molar-refractivity contribution in [3.05, 3.63) is 53.4 Å². The van der Waals surface area contributed by atoms with Crippen LogP contribution in [0.4, 0.5) is 0 Å². The van der Waals surface area contributed by atoms with Crippen LogP contribution in [0.25, 0.3) is 0 Å². The number of nitrogens with one attached hydrogen (secondary N) is 1. The number of carbonyl (C=O) groups is 2. The summed E-state index contributed by atoms with van der Waals surface area (Å²) in [5.74, 6) is 0.00213. The monoisotopic (exact) mass is 427 g/mol. The standard InChI is InChI=1S/C24H33N3O4/c1-16(2)19-14-22(31-26-19)23(30)27(4)20-10-12-24(13-11-21(20)29,15-25-17(3)28)18-8-6-5-7-9-18/h5-9,14,16,20-21,29H,10-13,15H2,1-4H3,(H,25,28)/t20-,21-,24+/m0/s1. The average molecular weight is 428 g/mol. The minimum atomic E-state index is -0.663. The Morgan fingerprint density at radius 3 is 2.55 bits per heavy atom. The molecule has 7 nitrogen and oxygen atoms in total. The maximum absolute atomic E-state index is 13.0. The van der Waals surface area contributed by atoms with Crippen molar-refractivity contribution >= 4 is 11.8 Å². The Hall–Kier alpha value is -2.67. The normalized spacial score (nSPS) is 23.9. The molecule has 3 atom stereocenters. The molecule has 0 spiro atoms. The van der Waals surface area contributed by atoms with Crippen LogP contribution in [0.15, 0.2) is 40.9 Å². The number of nitrogens with zero attached hydrogens (tertiary/aromatic N) is 2. The van der Waals surface area contributed by atoms with Gasteiger partial charge in [-0.1, -0.05) is 49.3 Å². The number of likely N-dealkylation sites (N-methyl/N-ethyl adjacent to an activating group) is 1. The molecule has 2 amide bonds. The number of aliphatic hydroxyl groups is 1. The number of rotatable bonds is 6. The number of hydrogen-bond acceptors (Lipinski definition) is 5. The fourth-order valence-corrected chi connectivity index (χ4v) is 4.45. The minimum Gasteiger partial charge on any atom is -0.391 e. The molecule has 1 saturated carbocycles. The van der Waals surface area contributed by atoms with Gasteiger partial charge in [-0.15, -0.1) is 0 Å². The van der Waals surface area contributed by atoms with Crippen molar-refractivity contribution < 1.29 is 19.2 Å².